The molecular weight excluding hydrogens is 616 g/mol. The number of anilines is 1. The second-order valence-corrected chi connectivity index (χ2v) is 11.3. The minimum atomic E-state index is -4.71. The number of nitrogens with zero attached hydrogens (tertiary/aromatic N) is 5. The number of hydrogen-bond acceptors (Lipinski definition) is 5. The largest absolute Gasteiger partial charge is 0.416 e. The molecule has 1 fully saturated rings. The van der Waals surface area contributed by atoms with Crippen LogP contribution >= 0.6 is 0 Å². The highest BCUT2D eigenvalue weighted by atomic mass is 19.4. The van der Waals surface area contributed by atoms with E-state index in [1.807, 2.05) is 0 Å². The fraction of sp³-hybridized carbons (Fsp3) is 0.265. The average molecular weight is 645 g/mol. The smallest absolute Gasteiger partial charge is 0.339 e. The molecule has 3 aromatic carbocycles. The minimum Gasteiger partial charge on any atom is -0.339 e. The lowest BCUT2D eigenvalue weighted by Gasteiger charge is -2.38. The second kappa shape index (κ2) is 12.4. The summed E-state index contributed by atoms with van der Waals surface area (Å²) >= 11 is 0. The molecule has 6 rings (SSSR count). The Bertz CT molecular complexity index is 1880. The molecule has 3 unspecified atom stereocenters. The second-order valence-electron chi connectivity index (χ2n) is 11.3. The number of likely N-dealkylation sites (N-methyl/N-ethyl adjacent to an activating group) is 1. The highest BCUT2D eigenvalue weighted by molar-refractivity contribution is 6.07. The number of amides is 3. The Morgan fingerprint density at radius 2 is 1.77 bits per heavy atom. The van der Waals surface area contributed by atoms with Crippen LogP contribution in [0.4, 0.5) is 23.4 Å². The predicted molar refractivity (Wildman–Crippen MR) is 162 cm³/mol. The fourth-order valence-electron chi connectivity index (χ4n) is 6.28. The number of benzene rings is 3. The van der Waals surface area contributed by atoms with E-state index in [0.29, 0.717) is 36.7 Å². The molecule has 0 spiro atoms. The lowest BCUT2D eigenvalue weighted by Crippen LogP contribution is -2.55. The molecule has 0 saturated carbocycles. The maximum atomic E-state index is 14.4. The summed E-state index contributed by atoms with van der Waals surface area (Å²) in [5.74, 6) is -3.55. The van der Waals surface area contributed by atoms with E-state index in [2.05, 4.69) is 11.4 Å². The van der Waals surface area contributed by atoms with Crippen molar-refractivity contribution >= 4 is 23.5 Å². The van der Waals surface area contributed by atoms with Gasteiger partial charge in [-0.1, -0.05) is 36.4 Å². The maximum Gasteiger partial charge on any atom is 0.416 e. The normalized spacial score (nSPS) is 19.3. The van der Waals surface area contributed by atoms with Crippen molar-refractivity contribution in [2.45, 2.75) is 43.9 Å². The van der Waals surface area contributed by atoms with E-state index in [1.54, 1.807) is 37.3 Å². The standard InChI is InChI=1S/C34H28F4N6O3/c1-2-42-31-27(29(33(47)43-17-7-12-25(43)19-39)41-44(31)24-10-4-3-5-11-24)26(20-13-15-23(35)16-14-20)28(32(42)46)40-30(45)21-8-6-9-22(18-21)34(36,37)38/h3-6,8-11,13-16,18,25-26,28H,2,7,12,17H2,1H3,(H,40,45). The van der Waals surface area contributed by atoms with Crippen LogP contribution in [0.15, 0.2) is 78.9 Å². The van der Waals surface area contributed by atoms with Gasteiger partial charge >= 0.3 is 6.18 Å². The predicted octanol–water partition coefficient (Wildman–Crippen LogP) is 5.46. The summed E-state index contributed by atoms with van der Waals surface area (Å²) in [6.07, 6.45) is -3.64. The molecule has 4 aromatic rings. The van der Waals surface area contributed by atoms with Crippen molar-refractivity contribution in [3.05, 3.63) is 113 Å². The SMILES string of the molecule is CCN1C(=O)C(NC(=O)c2cccc(C(F)(F)F)c2)C(c2ccc(F)cc2)c2c(C(=O)N3CCCC3C#N)nn(-c3ccccc3)c21. The highest BCUT2D eigenvalue weighted by Crippen LogP contribution is 2.44. The van der Waals surface area contributed by atoms with Gasteiger partial charge in [0.05, 0.1) is 17.3 Å². The van der Waals surface area contributed by atoms with Crippen LogP contribution in [-0.2, 0) is 11.0 Å². The van der Waals surface area contributed by atoms with E-state index in [0.717, 1.165) is 12.1 Å². The van der Waals surface area contributed by atoms with E-state index < -0.39 is 53.3 Å². The first-order valence-electron chi connectivity index (χ1n) is 15.0. The molecule has 9 nitrogen and oxygen atoms in total. The molecule has 1 saturated heterocycles. The zero-order valence-corrected chi connectivity index (χ0v) is 25.0. The fourth-order valence-corrected chi connectivity index (χ4v) is 6.28. The number of alkyl halides is 3. The molecule has 1 aromatic heterocycles. The number of hydrogen-bond donors (Lipinski definition) is 1. The Kier molecular flexibility index (Phi) is 8.27. The van der Waals surface area contributed by atoms with Crippen LogP contribution in [0.2, 0.25) is 0 Å². The number of para-hydroxylation sites is 1. The third-order valence-electron chi connectivity index (χ3n) is 8.48. The van der Waals surface area contributed by atoms with Gasteiger partial charge in [-0.25, -0.2) is 9.07 Å². The molecule has 2 aliphatic rings. The third-order valence-corrected chi connectivity index (χ3v) is 8.48. The molecule has 0 aliphatic carbocycles. The lowest BCUT2D eigenvalue weighted by molar-refractivity contribution is -0.137. The average Bonchev–Trinajstić information content (AvgIpc) is 3.71. The number of rotatable bonds is 6. The van der Waals surface area contributed by atoms with Gasteiger partial charge in [-0.05, 0) is 67.8 Å². The summed E-state index contributed by atoms with van der Waals surface area (Å²) in [5, 5.41) is 17.1. The minimum absolute atomic E-state index is 0.0652. The summed E-state index contributed by atoms with van der Waals surface area (Å²) < 4.78 is 56.1. The van der Waals surface area contributed by atoms with Gasteiger partial charge in [0.2, 0.25) is 0 Å². The number of nitriles is 1. The van der Waals surface area contributed by atoms with Gasteiger partial charge in [-0.2, -0.15) is 23.5 Å². The molecule has 1 N–H and O–H groups in total. The zero-order chi connectivity index (χ0) is 33.5. The van der Waals surface area contributed by atoms with Gasteiger partial charge in [-0.3, -0.25) is 19.3 Å². The van der Waals surface area contributed by atoms with Crippen molar-refractivity contribution in [3.8, 4) is 11.8 Å². The molecule has 240 valence electrons. The van der Waals surface area contributed by atoms with Crippen molar-refractivity contribution in [1.82, 2.24) is 20.0 Å². The van der Waals surface area contributed by atoms with E-state index >= 15 is 0 Å². The monoisotopic (exact) mass is 644 g/mol. The van der Waals surface area contributed by atoms with Gasteiger partial charge in [0.25, 0.3) is 17.7 Å². The molecule has 3 amide bonds. The van der Waals surface area contributed by atoms with Crippen LogP contribution in [0.3, 0.4) is 0 Å². The molecule has 3 heterocycles. The van der Waals surface area contributed by atoms with Crippen LogP contribution in [0.1, 0.15) is 63.2 Å². The quantitative estimate of drug-likeness (QED) is 0.281. The molecule has 0 bridgehead atoms. The Labute approximate surface area is 267 Å². The van der Waals surface area contributed by atoms with Crippen molar-refractivity contribution in [2.75, 3.05) is 18.0 Å². The summed E-state index contributed by atoms with van der Waals surface area (Å²) in [7, 11) is 0. The Hall–Kier alpha value is -5.51. The Morgan fingerprint density at radius 3 is 2.43 bits per heavy atom. The highest BCUT2D eigenvalue weighted by Gasteiger charge is 2.48. The number of likely N-dealkylation sites (tertiary alicyclic amines) is 1. The summed E-state index contributed by atoms with van der Waals surface area (Å²) in [6, 6.07) is 17.8. The zero-order valence-electron chi connectivity index (χ0n) is 25.0. The molecule has 47 heavy (non-hydrogen) atoms. The number of carbonyl (C=O) groups excluding carboxylic acids is 3. The van der Waals surface area contributed by atoms with Crippen LogP contribution in [0.25, 0.3) is 5.69 Å². The summed E-state index contributed by atoms with van der Waals surface area (Å²) in [5.41, 5.74) is -0.302. The molecule has 2 aliphatic heterocycles. The number of fused-ring (bicyclic) bond motifs is 1. The van der Waals surface area contributed by atoms with Gasteiger partial charge in [-0.15, -0.1) is 0 Å². The number of aromatic nitrogens is 2. The lowest BCUT2D eigenvalue weighted by atomic mass is 9.80. The van der Waals surface area contributed by atoms with Crippen molar-refractivity contribution in [3.63, 3.8) is 0 Å². The summed E-state index contributed by atoms with van der Waals surface area (Å²) in [6.45, 7) is 2.08. The summed E-state index contributed by atoms with van der Waals surface area (Å²) in [4.78, 5) is 45.0. The van der Waals surface area contributed by atoms with Crippen LogP contribution in [-0.4, -0.2) is 57.6 Å². The van der Waals surface area contributed by atoms with E-state index in [1.165, 1.54) is 44.8 Å². The topological polar surface area (TPSA) is 111 Å². The van der Waals surface area contributed by atoms with Crippen molar-refractivity contribution < 1.29 is 31.9 Å². The first kappa shape index (κ1) is 31.5. The molecular formula is C34H28F4N6O3. The first-order valence-corrected chi connectivity index (χ1v) is 15.0. The van der Waals surface area contributed by atoms with E-state index in [9.17, 15) is 37.2 Å². The molecule has 3 atom stereocenters. The van der Waals surface area contributed by atoms with Gasteiger partial charge in [0, 0.05) is 30.1 Å². The van der Waals surface area contributed by atoms with Gasteiger partial charge in [0.1, 0.15) is 23.7 Å². The van der Waals surface area contributed by atoms with Crippen LogP contribution in [0.5, 0.6) is 0 Å². The Morgan fingerprint density at radius 1 is 1.04 bits per heavy atom. The molecule has 13 heteroatoms. The maximum absolute atomic E-state index is 14.4. The molecule has 0 radical (unpaired) electrons. The van der Waals surface area contributed by atoms with Crippen LogP contribution in [0, 0.1) is 17.1 Å². The van der Waals surface area contributed by atoms with Crippen molar-refractivity contribution in [1.29, 1.82) is 5.26 Å². The number of nitrogens with one attached hydrogen (secondary N) is 1. The Balaban J connectivity index is 1.57. The third kappa shape index (κ3) is 5.71. The van der Waals surface area contributed by atoms with Gasteiger partial charge in [0.15, 0.2) is 5.69 Å². The van der Waals surface area contributed by atoms with Gasteiger partial charge < -0.3 is 10.2 Å². The number of carbonyl (C=O) groups is 3. The van der Waals surface area contributed by atoms with E-state index in [-0.39, 0.29) is 29.2 Å². The number of halogens is 4. The van der Waals surface area contributed by atoms with Crippen molar-refractivity contribution in [2.24, 2.45) is 0 Å². The van der Waals surface area contributed by atoms with E-state index in [4.69, 9.17) is 5.10 Å². The first-order chi connectivity index (χ1) is 22.5. The van der Waals surface area contributed by atoms with Crippen LogP contribution < -0.4 is 10.2 Å².